The minimum atomic E-state index is 0.606. The van der Waals surface area contributed by atoms with E-state index in [-0.39, 0.29) is 0 Å². The van der Waals surface area contributed by atoms with E-state index in [2.05, 4.69) is 44.0 Å². The van der Waals surface area contributed by atoms with Gasteiger partial charge < -0.3 is 4.90 Å². The van der Waals surface area contributed by atoms with Crippen LogP contribution < -0.4 is 0 Å². The van der Waals surface area contributed by atoms with Gasteiger partial charge in [0.1, 0.15) is 0 Å². The molecular formula is C24H41N3. The maximum atomic E-state index is 4.97. The summed E-state index contributed by atoms with van der Waals surface area (Å²) in [4.78, 5) is 2.77. The van der Waals surface area contributed by atoms with E-state index in [0.29, 0.717) is 23.8 Å². The summed E-state index contributed by atoms with van der Waals surface area (Å²) in [6, 6.07) is 0.672. The lowest BCUT2D eigenvalue weighted by molar-refractivity contribution is 0.0684. The summed E-state index contributed by atoms with van der Waals surface area (Å²) in [5.41, 5.74) is 1.51. The Bertz CT molecular complexity index is 568. The van der Waals surface area contributed by atoms with Crippen LogP contribution in [0.1, 0.15) is 78.6 Å². The molecule has 3 fully saturated rings. The Kier molecular flexibility index (Phi) is 6.06. The SMILES string of the molecule is CCC1C=NN=C2C1C1CCCCC(C)C1CN(C)C1CCCCC(C)C21. The predicted octanol–water partition coefficient (Wildman–Crippen LogP) is 5.65. The van der Waals surface area contributed by atoms with E-state index in [1.807, 2.05) is 0 Å². The van der Waals surface area contributed by atoms with Crippen molar-refractivity contribution in [3.05, 3.63) is 0 Å². The summed E-state index contributed by atoms with van der Waals surface area (Å²) in [7, 11) is 2.43. The summed E-state index contributed by atoms with van der Waals surface area (Å²) in [6.07, 6.45) is 14.6. The zero-order valence-corrected chi connectivity index (χ0v) is 18.1. The third-order valence-corrected chi connectivity index (χ3v) is 8.74. The van der Waals surface area contributed by atoms with E-state index in [9.17, 15) is 0 Å². The number of nitrogens with zero attached hydrogens (tertiary/aromatic N) is 3. The Morgan fingerprint density at radius 3 is 2.41 bits per heavy atom. The van der Waals surface area contributed by atoms with Crippen molar-refractivity contribution in [3.8, 4) is 0 Å². The van der Waals surface area contributed by atoms with E-state index in [4.69, 9.17) is 5.10 Å². The van der Waals surface area contributed by atoms with Crippen molar-refractivity contribution in [1.29, 1.82) is 0 Å². The zero-order valence-electron chi connectivity index (χ0n) is 18.1. The molecule has 2 aliphatic heterocycles. The average molecular weight is 372 g/mol. The van der Waals surface area contributed by atoms with Crippen molar-refractivity contribution in [1.82, 2.24) is 4.90 Å². The molecule has 2 saturated carbocycles. The van der Waals surface area contributed by atoms with E-state index in [0.717, 1.165) is 23.7 Å². The van der Waals surface area contributed by atoms with Crippen LogP contribution in [0.5, 0.6) is 0 Å². The average Bonchev–Trinajstić information content (AvgIpc) is 2.96. The molecule has 4 rings (SSSR count). The number of hydrogen-bond acceptors (Lipinski definition) is 3. The molecule has 3 nitrogen and oxygen atoms in total. The molecule has 4 aliphatic rings. The first-order valence-corrected chi connectivity index (χ1v) is 11.9. The second-order valence-electron chi connectivity index (χ2n) is 10.3. The highest BCUT2D eigenvalue weighted by atomic mass is 15.2. The van der Waals surface area contributed by atoms with Crippen LogP contribution in [0, 0.1) is 41.4 Å². The smallest absolute Gasteiger partial charge is 0.0495 e. The Hall–Kier alpha value is -0.700. The first-order valence-electron chi connectivity index (χ1n) is 11.9. The lowest BCUT2D eigenvalue weighted by Crippen LogP contribution is -2.55. The maximum absolute atomic E-state index is 4.97. The molecule has 8 atom stereocenters. The molecule has 0 aromatic heterocycles. The Balaban J connectivity index is 1.80. The normalized spacial score (nSPS) is 46.0. The largest absolute Gasteiger partial charge is 0.302 e. The molecule has 0 radical (unpaired) electrons. The Labute approximate surface area is 167 Å². The van der Waals surface area contributed by atoms with Crippen LogP contribution in [0.15, 0.2) is 10.2 Å². The summed E-state index contributed by atoms with van der Waals surface area (Å²) >= 11 is 0. The van der Waals surface area contributed by atoms with Gasteiger partial charge in [-0.3, -0.25) is 0 Å². The van der Waals surface area contributed by atoms with Gasteiger partial charge in [-0.15, -0.1) is 0 Å². The van der Waals surface area contributed by atoms with E-state index in [1.165, 1.54) is 70.0 Å². The third kappa shape index (κ3) is 3.66. The molecule has 27 heavy (non-hydrogen) atoms. The fourth-order valence-electron chi connectivity index (χ4n) is 7.22. The first kappa shape index (κ1) is 19.6. The standard InChI is InChI=1S/C24H41N3/c1-5-18-14-25-26-24-22-17(3)11-7-9-13-21(22)27(4)15-20-16(2)10-6-8-12-19(20)23(18)24/h14,16-23H,5-13,15H2,1-4H3. The van der Waals surface area contributed by atoms with Crippen molar-refractivity contribution < 1.29 is 0 Å². The van der Waals surface area contributed by atoms with Gasteiger partial charge in [0.15, 0.2) is 0 Å². The molecular weight excluding hydrogens is 330 g/mol. The van der Waals surface area contributed by atoms with Gasteiger partial charge in [-0.1, -0.05) is 59.3 Å². The van der Waals surface area contributed by atoms with Crippen LogP contribution in [0.2, 0.25) is 0 Å². The van der Waals surface area contributed by atoms with Gasteiger partial charge in [-0.25, -0.2) is 0 Å². The van der Waals surface area contributed by atoms with Gasteiger partial charge in [0.25, 0.3) is 0 Å². The highest BCUT2D eigenvalue weighted by Gasteiger charge is 2.48. The summed E-state index contributed by atoms with van der Waals surface area (Å²) in [5, 5.41) is 9.56. The summed E-state index contributed by atoms with van der Waals surface area (Å²) in [6.45, 7) is 8.72. The summed E-state index contributed by atoms with van der Waals surface area (Å²) < 4.78 is 0. The van der Waals surface area contributed by atoms with Gasteiger partial charge in [-0.05, 0) is 50.0 Å². The van der Waals surface area contributed by atoms with E-state index in [1.54, 1.807) is 0 Å². The van der Waals surface area contributed by atoms with Crippen molar-refractivity contribution in [2.75, 3.05) is 13.6 Å². The quantitative estimate of drug-likeness (QED) is 0.585. The van der Waals surface area contributed by atoms with Gasteiger partial charge in [0.05, 0.1) is 0 Å². The number of hydrogen-bond donors (Lipinski definition) is 0. The fraction of sp³-hybridized carbons (Fsp3) is 0.917. The van der Waals surface area contributed by atoms with Crippen molar-refractivity contribution in [2.24, 2.45) is 51.6 Å². The maximum Gasteiger partial charge on any atom is 0.0495 e. The van der Waals surface area contributed by atoms with E-state index < -0.39 is 0 Å². The number of rotatable bonds is 1. The van der Waals surface area contributed by atoms with Crippen LogP contribution in [0.4, 0.5) is 0 Å². The zero-order chi connectivity index (χ0) is 19.0. The molecule has 1 saturated heterocycles. The van der Waals surface area contributed by atoms with Gasteiger partial charge >= 0.3 is 0 Å². The monoisotopic (exact) mass is 371 g/mol. The van der Waals surface area contributed by atoms with Gasteiger partial charge in [0, 0.05) is 42.3 Å². The predicted molar refractivity (Wildman–Crippen MR) is 115 cm³/mol. The molecule has 2 aliphatic carbocycles. The second kappa shape index (κ2) is 8.35. The lowest BCUT2D eigenvalue weighted by atomic mass is 9.62. The molecule has 0 aromatic rings. The van der Waals surface area contributed by atoms with Crippen LogP contribution in [-0.4, -0.2) is 36.5 Å². The van der Waals surface area contributed by atoms with Crippen LogP contribution in [0.25, 0.3) is 0 Å². The molecule has 3 heteroatoms. The van der Waals surface area contributed by atoms with Crippen molar-refractivity contribution in [2.45, 2.75) is 84.6 Å². The van der Waals surface area contributed by atoms with Crippen LogP contribution in [-0.2, 0) is 0 Å². The number of likely N-dealkylation sites (tertiary alicyclic amines) is 1. The molecule has 0 spiro atoms. The Morgan fingerprint density at radius 1 is 0.926 bits per heavy atom. The minimum absolute atomic E-state index is 0.606. The lowest BCUT2D eigenvalue weighted by Gasteiger charge is -2.49. The highest BCUT2D eigenvalue weighted by Crippen LogP contribution is 2.48. The molecule has 0 amide bonds. The van der Waals surface area contributed by atoms with E-state index >= 15 is 0 Å². The topological polar surface area (TPSA) is 28.0 Å². The molecule has 0 bridgehead atoms. The Morgan fingerprint density at radius 2 is 1.63 bits per heavy atom. The molecule has 152 valence electrons. The fourth-order valence-corrected chi connectivity index (χ4v) is 7.22. The van der Waals surface area contributed by atoms with Crippen molar-refractivity contribution in [3.63, 3.8) is 0 Å². The van der Waals surface area contributed by atoms with Crippen molar-refractivity contribution >= 4 is 11.9 Å². The molecule has 0 aromatic carbocycles. The second-order valence-corrected chi connectivity index (χ2v) is 10.3. The molecule has 8 unspecified atom stereocenters. The first-order chi connectivity index (χ1) is 13.1. The van der Waals surface area contributed by atoms with Gasteiger partial charge in [-0.2, -0.15) is 10.2 Å². The molecule has 0 N–H and O–H groups in total. The molecule has 2 heterocycles. The minimum Gasteiger partial charge on any atom is -0.302 e. The van der Waals surface area contributed by atoms with Crippen LogP contribution >= 0.6 is 0 Å². The van der Waals surface area contributed by atoms with Gasteiger partial charge in [0.2, 0.25) is 0 Å². The van der Waals surface area contributed by atoms with Crippen LogP contribution in [0.3, 0.4) is 0 Å². The summed E-state index contributed by atoms with van der Waals surface area (Å²) in [5.74, 6) is 5.09. The highest BCUT2D eigenvalue weighted by molar-refractivity contribution is 5.94. The number of fused-ring (bicyclic) bond motifs is 5. The third-order valence-electron chi connectivity index (χ3n) is 8.74.